The van der Waals surface area contributed by atoms with Gasteiger partial charge in [0.05, 0.1) is 0 Å². The molecule has 14 heavy (non-hydrogen) atoms. The quantitative estimate of drug-likeness (QED) is 0.715. The van der Waals surface area contributed by atoms with E-state index in [4.69, 9.17) is 0 Å². The van der Waals surface area contributed by atoms with Gasteiger partial charge in [-0.2, -0.15) is 0 Å². The molecule has 0 atom stereocenters. The topological polar surface area (TPSA) is 35.6 Å². The normalized spacial score (nSPS) is 25.1. The van der Waals surface area contributed by atoms with E-state index in [-0.39, 0.29) is 11.6 Å². The van der Waals surface area contributed by atoms with Crippen molar-refractivity contribution in [3.63, 3.8) is 0 Å². The first-order valence-corrected chi connectivity index (χ1v) is 5.34. The Hall–Kier alpha value is -0.770. The van der Waals surface area contributed by atoms with Crippen molar-refractivity contribution in [1.29, 1.82) is 0 Å². The monoisotopic (exact) mass is 197 g/mol. The van der Waals surface area contributed by atoms with E-state index < -0.39 is 0 Å². The molecule has 0 bridgehead atoms. The molecule has 1 aliphatic carbocycles. The van der Waals surface area contributed by atoms with E-state index in [0.717, 1.165) is 26.1 Å². The van der Waals surface area contributed by atoms with E-state index >= 15 is 0 Å². The minimum atomic E-state index is 0.115. The van der Waals surface area contributed by atoms with Gasteiger partial charge in [-0.25, -0.2) is 4.79 Å². The van der Waals surface area contributed by atoms with Crippen LogP contribution < -0.4 is 5.32 Å². The standard InChI is InChI=1S/C10H19N3O/c1-12(2)10(4-5-10)8-13-7-3-6-11-9(13)14/h3-8H2,1-2H3,(H,11,14). The molecule has 0 spiro atoms. The Morgan fingerprint density at radius 2 is 2.21 bits per heavy atom. The number of carbonyl (C=O) groups is 1. The Morgan fingerprint density at radius 3 is 2.71 bits per heavy atom. The molecular formula is C10H19N3O. The molecule has 1 saturated heterocycles. The van der Waals surface area contributed by atoms with Crippen LogP contribution in [0.15, 0.2) is 0 Å². The summed E-state index contributed by atoms with van der Waals surface area (Å²) < 4.78 is 0. The van der Waals surface area contributed by atoms with Gasteiger partial charge >= 0.3 is 6.03 Å². The first-order chi connectivity index (χ1) is 6.64. The van der Waals surface area contributed by atoms with Gasteiger partial charge in [0, 0.05) is 25.2 Å². The van der Waals surface area contributed by atoms with E-state index in [1.54, 1.807) is 0 Å². The van der Waals surface area contributed by atoms with Crippen LogP contribution in [0.25, 0.3) is 0 Å². The number of rotatable bonds is 3. The predicted molar refractivity (Wildman–Crippen MR) is 55.2 cm³/mol. The second-order valence-corrected chi connectivity index (χ2v) is 4.63. The fourth-order valence-corrected chi connectivity index (χ4v) is 2.08. The second-order valence-electron chi connectivity index (χ2n) is 4.63. The van der Waals surface area contributed by atoms with Crippen LogP contribution in [0.2, 0.25) is 0 Å². The molecule has 2 amide bonds. The van der Waals surface area contributed by atoms with E-state index in [1.807, 2.05) is 4.90 Å². The van der Waals surface area contributed by atoms with Crippen LogP contribution in [0.4, 0.5) is 4.79 Å². The zero-order chi connectivity index (χ0) is 10.2. The van der Waals surface area contributed by atoms with Gasteiger partial charge in [0.15, 0.2) is 0 Å². The van der Waals surface area contributed by atoms with Gasteiger partial charge in [0.2, 0.25) is 0 Å². The van der Waals surface area contributed by atoms with Crippen LogP contribution in [-0.4, -0.2) is 55.1 Å². The minimum absolute atomic E-state index is 0.115. The molecule has 0 aromatic carbocycles. The lowest BCUT2D eigenvalue weighted by atomic mass is 10.2. The first kappa shape index (κ1) is 9.77. The summed E-state index contributed by atoms with van der Waals surface area (Å²) in [6.45, 7) is 2.65. The van der Waals surface area contributed by atoms with Crippen molar-refractivity contribution in [2.45, 2.75) is 24.8 Å². The Labute approximate surface area is 85.2 Å². The summed E-state index contributed by atoms with van der Waals surface area (Å²) in [5, 5.41) is 2.89. The fourth-order valence-electron chi connectivity index (χ4n) is 2.08. The number of urea groups is 1. The third-order valence-corrected chi connectivity index (χ3v) is 3.43. The number of hydrogen-bond acceptors (Lipinski definition) is 2. The third-order valence-electron chi connectivity index (χ3n) is 3.43. The highest BCUT2D eigenvalue weighted by Gasteiger charge is 2.46. The van der Waals surface area contributed by atoms with Crippen molar-refractivity contribution < 1.29 is 4.79 Å². The maximum absolute atomic E-state index is 11.5. The highest BCUT2D eigenvalue weighted by Crippen LogP contribution is 2.40. The lowest BCUT2D eigenvalue weighted by molar-refractivity contribution is 0.152. The molecule has 0 aromatic rings. The van der Waals surface area contributed by atoms with Crippen molar-refractivity contribution in [2.75, 3.05) is 33.7 Å². The zero-order valence-corrected chi connectivity index (χ0v) is 9.05. The van der Waals surface area contributed by atoms with E-state index in [9.17, 15) is 4.79 Å². The molecular weight excluding hydrogens is 178 g/mol. The average molecular weight is 197 g/mol. The largest absolute Gasteiger partial charge is 0.338 e. The lowest BCUT2D eigenvalue weighted by Crippen LogP contribution is -2.52. The molecule has 0 unspecified atom stereocenters. The SMILES string of the molecule is CN(C)C1(CN2CCCNC2=O)CC1. The number of amides is 2. The van der Waals surface area contributed by atoms with Crippen molar-refractivity contribution in [3.8, 4) is 0 Å². The molecule has 4 nitrogen and oxygen atoms in total. The number of nitrogens with zero attached hydrogens (tertiary/aromatic N) is 2. The molecule has 1 saturated carbocycles. The second kappa shape index (κ2) is 3.42. The van der Waals surface area contributed by atoms with Crippen LogP contribution in [0.5, 0.6) is 0 Å². The molecule has 4 heteroatoms. The third kappa shape index (κ3) is 1.71. The van der Waals surface area contributed by atoms with E-state index in [1.165, 1.54) is 12.8 Å². The van der Waals surface area contributed by atoms with Crippen LogP contribution in [0.3, 0.4) is 0 Å². The zero-order valence-electron chi connectivity index (χ0n) is 9.05. The number of hydrogen-bond donors (Lipinski definition) is 1. The molecule has 1 heterocycles. The highest BCUT2D eigenvalue weighted by atomic mass is 16.2. The maximum Gasteiger partial charge on any atom is 0.317 e. The van der Waals surface area contributed by atoms with E-state index in [0.29, 0.717) is 0 Å². The number of nitrogens with one attached hydrogen (secondary N) is 1. The van der Waals surface area contributed by atoms with Gasteiger partial charge in [0.25, 0.3) is 0 Å². The molecule has 0 aromatic heterocycles. The average Bonchev–Trinajstić information content (AvgIpc) is 2.90. The molecule has 2 aliphatic rings. The summed E-state index contributed by atoms with van der Waals surface area (Å²) in [6.07, 6.45) is 3.53. The molecule has 2 rings (SSSR count). The molecule has 1 N–H and O–H groups in total. The lowest BCUT2D eigenvalue weighted by Gasteiger charge is -2.34. The molecule has 2 fully saturated rings. The summed E-state index contributed by atoms with van der Waals surface area (Å²) in [5.41, 5.74) is 0.286. The molecule has 1 aliphatic heterocycles. The van der Waals surface area contributed by atoms with Crippen molar-refractivity contribution in [3.05, 3.63) is 0 Å². The Kier molecular flexibility index (Phi) is 2.39. The summed E-state index contributed by atoms with van der Waals surface area (Å²) in [7, 11) is 4.21. The smallest absolute Gasteiger partial charge is 0.317 e. The predicted octanol–water partition coefficient (Wildman–Crippen LogP) is 0.496. The molecule has 80 valence electrons. The Morgan fingerprint density at radius 1 is 1.50 bits per heavy atom. The Balaban J connectivity index is 1.93. The Bertz CT molecular complexity index is 236. The summed E-state index contributed by atoms with van der Waals surface area (Å²) in [4.78, 5) is 15.7. The number of carbonyl (C=O) groups excluding carboxylic acids is 1. The van der Waals surface area contributed by atoms with E-state index in [2.05, 4.69) is 24.3 Å². The molecule has 0 radical (unpaired) electrons. The van der Waals surface area contributed by atoms with Crippen LogP contribution >= 0.6 is 0 Å². The summed E-state index contributed by atoms with van der Waals surface area (Å²) in [6, 6.07) is 0.115. The highest BCUT2D eigenvalue weighted by molar-refractivity contribution is 5.75. The van der Waals surface area contributed by atoms with Gasteiger partial charge in [0.1, 0.15) is 0 Å². The summed E-state index contributed by atoms with van der Waals surface area (Å²) >= 11 is 0. The number of likely N-dealkylation sites (N-methyl/N-ethyl adjacent to an activating group) is 1. The van der Waals surface area contributed by atoms with Gasteiger partial charge in [-0.15, -0.1) is 0 Å². The van der Waals surface area contributed by atoms with Crippen molar-refractivity contribution in [1.82, 2.24) is 15.1 Å². The van der Waals surface area contributed by atoms with Gasteiger partial charge in [-0.1, -0.05) is 0 Å². The fraction of sp³-hybridized carbons (Fsp3) is 0.900. The van der Waals surface area contributed by atoms with Crippen molar-refractivity contribution in [2.24, 2.45) is 0 Å². The van der Waals surface area contributed by atoms with Gasteiger partial charge < -0.3 is 15.1 Å². The van der Waals surface area contributed by atoms with Crippen molar-refractivity contribution >= 4 is 6.03 Å². The first-order valence-electron chi connectivity index (χ1n) is 5.34. The van der Waals surface area contributed by atoms with Crippen LogP contribution in [0, 0.1) is 0 Å². The van der Waals surface area contributed by atoms with Gasteiger partial charge in [-0.05, 0) is 33.4 Å². The van der Waals surface area contributed by atoms with Gasteiger partial charge in [-0.3, -0.25) is 0 Å². The minimum Gasteiger partial charge on any atom is -0.338 e. The summed E-state index contributed by atoms with van der Waals surface area (Å²) in [5.74, 6) is 0. The maximum atomic E-state index is 11.5. The van der Waals surface area contributed by atoms with Crippen LogP contribution in [-0.2, 0) is 0 Å². The van der Waals surface area contributed by atoms with Crippen LogP contribution in [0.1, 0.15) is 19.3 Å².